The first-order chi connectivity index (χ1) is 17.0. The predicted molar refractivity (Wildman–Crippen MR) is 139 cm³/mol. The summed E-state index contributed by atoms with van der Waals surface area (Å²) in [5.41, 5.74) is 8.00. The molecule has 2 heterocycles. The van der Waals surface area contributed by atoms with Gasteiger partial charge in [-0.2, -0.15) is 0 Å². The van der Waals surface area contributed by atoms with Crippen LogP contribution in [0, 0.1) is 6.92 Å². The Morgan fingerprint density at radius 3 is 2.49 bits per heavy atom. The maximum Gasteiger partial charge on any atom is 0.247 e. The van der Waals surface area contributed by atoms with E-state index in [1.807, 2.05) is 49.1 Å². The molecule has 5 rings (SSSR count). The van der Waals surface area contributed by atoms with Crippen molar-refractivity contribution >= 4 is 22.4 Å². The van der Waals surface area contributed by atoms with Gasteiger partial charge in [0.05, 0.1) is 20.5 Å². The van der Waals surface area contributed by atoms with Crippen LogP contribution in [-0.2, 0) is 17.8 Å². The molecule has 0 bridgehead atoms. The smallest absolute Gasteiger partial charge is 0.247 e. The third kappa shape index (κ3) is 4.18. The Balaban J connectivity index is 1.52. The summed E-state index contributed by atoms with van der Waals surface area (Å²) in [6, 6.07) is 18.3. The first-order valence-corrected chi connectivity index (χ1v) is 11.8. The Morgan fingerprint density at radius 1 is 1.03 bits per heavy atom. The van der Waals surface area contributed by atoms with Gasteiger partial charge in [0.25, 0.3) is 0 Å². The molecule has 1 amide bonds. The number of amides is 1. The van der Waals surface area contributed by atoms with Crippen LogP contribution in [0.1, 0.15) is 29.2 Å². The van der Waals surface area contributed by atoms with Gasteiger partial charge >= 0.3 is 0 Å². The number of carbonyl (C=O) groups excluding carboxylic acids is 1. The lowest BCUT2D eigenvalue weighted by atomic mass is 9.96. The quantitative estimate of drug-likeness (QED) is 0.318. The molecule has 0 unspecified atom stereocenters. The van der Waals surface area contributed by atoms with Crippen LogP contribution >= 0.6 is 0 Å². The number of allylic oxidation sites excluding steroid dienone is 1. The average molecular weight is 468 g/mol. The van der Waals surface area contributed by atoms with E-state index in [1.54, 1.807) is 26.6 Å². The fourth-order valence-corrected chi connectivity index (χ4v) is 4.90. The number of ether oxygens (including phenoxy) is 2. The molecule has 0 saturated heterocycles. The second-order valence-corrected chi connectivity index (χ2v) is 8.94. The largest absolute Gasteiger partial charge is 0.497 e. The molecule has 1 aliphatic rings. The molecule has 0 fully saturated rings. The number of benzene rings is 3. The molecule has 5 nitrogen and oxygen atoms in total. The first-order valence-electron chi connectivity index (χ1n) is 11.8. The third-order valence-electron chi connectivity index (χ3n) is 6.86. The molecular formula is C30H29NO4. The van der Waals surface area contributed by atoms with E-state index in [0.717, 1.165) is 63.3 Å². The highest BCUT2D eigenvalue weighted by Gasteiger charge is 2.22. The van der Waals surface area contributed by atoms with Crippen LogP contribution in [0.25, 0.3) is 27.7 Å². The van der Waals surface area contributed by atoms with Crippen molar-refractivity contribution in [3.05, 3.63) is 89.2 Å². The minimum atomic E-state index is 0.0133. The van der Waals surface area contributed by atoms with Crippen LogP contribution in [0.2, 0.25) is 0 Å². The molecule has 35 heavy (non-hydrogen) atoms. The molecule has 0 radical (unpaired) electrons. The summed E-state index contributed by atoms with van der Waals surface area (Å²) in [6.45, 7) is 5.31. The Morgan fingerprint density at radius 2 is 1.77 bits per heavy atom. The van der Waals surface area contributed by atoms with E-state index < -0.39 is 0 Å². The van der Waals surface area contributed by atoms with Crippen molar-refractivity contribution in [2.24, 2.45) is 0 Å². The average Bonchev–Trinajstić information content (AvgIpc) is 3.32. The maximum atomic E-state index is 13.2. The second kappa shape index (κ2) is 9.34. The summed E-state index contributed by atoms with van der Waals surface area (Å²) in [5.74, 6) is 1.54. The molecule has 4 aromatic rings. The van der Waals surface area contributed by atoms with Gasteiger partial charge in [-0.05, 0) is 60.7 Å². The summed E-state index contributed by atoms with van der Waals surface area (Å²) in [7, 11) is 3.31. The lowest BCUT2D eigenvalue weighted by Gasteiger charge is -2.28. The Bertz CT molecular complexity index is 1430. The van der Waals surface area contributed by atoms with Crippen LogP contribution in [0.5, 0.6) is 11.5 Å². The van der Waals surface area contributed by atoms with Gasteiger partial charge in [-0.15, -0.1) is 0 Å². The highest BCUT2D eigenvalue weighted by Crippen LogP contribution is 2.41. The van der Waals surface area contributed by atoms with Gasteiger partial charge in [0.2, 0.25) is 5.91 Å². The van der Waals surface area contributed by atoms with Crippen molar-refractivity contribution in [1.29, 1.82) is 0 Å². The van der Waals surface area contributed by atoms with Gasteiger partial charge in [-0.25, -0.2) is 0 Å². The SMILES string of the molecule is COc1ccc(-c2coc3c(C)c(OC)c(/C(C)=C/C(=O)N4CCc5ccccc5C4)cc23)cc1. The molecule has 1 aliphatic heterocycles. The maximum absolute atomic E-state index is 13.2. The Labute approximate surface area is 205 Å². The minimum Gasteiger partial charge on any atom is -0.497 e. The van der Waals surface area contributed by atoms with E-state index in [-0.39, 0.29) is 5.91 Å². The standard InChI is InChI=1S/C30H29NO4/c1-19(15-28(32)31-14-13-21-7-5-6-8-23(21)17-31)25-16-26-27(22-9-11-24(33-3)12-10-22)18-35-30(26)20(2)29(25)34-4/h5-12,15-16,18H,13-14,17H2,1-4H3/b19-15+. The summed E-state index contributed by atoms with van der Waals surface area (Å²) >= 11 is 0. The zero-order valence-corrected chi connectivity index (χ0v) is 20.6. The number of furan rings is 1. The van der Waals surface area contributed by atoms with E-state index in [2.05, 4.69) is 24.3 Å². The number of aryl methyl sites for hydroxylation is 1. The fraction of sp³-hybridized carbons (Fsp3) is 0.233. The van der Waals surface area contributed by atoms with Gasteiger partial charge in [0.1, 0.15) is 17.1 Å². The summed E-state index contributed by atoms with van der Waals surface area (Å²) in [6.07, 6.45) is 4.38. The molecule has 0 atom stereocenters. The van der Waals surface area contributed by atoms with Gasteiger partial charge in [-0.3, -0.25) is 4.79 Å². The molecule has 0 saturated carbocycles. The number of methoxy groups -OCH3 is 2. The third-order valence-corrected chi connectivity index (χ3v) is 6.86. The van der Waals surface area contributed by atoms with Crippen LogP contribution < -0.4 is 9.47 Å². The topological polar surface area (TPSA) is 51.9 Å². The molecule has 0 spiro atoms. The van der Waals surface area contributed by atoms with Crippen LogP contribution in [0.3, 0.4) is 0 Å². The van der Waals surface area contributed by atoms with Crippen LogP contribution in [0.15, 0.2) is 71.4 Å². The van der Waals surface area contributed by atoms with E-state index in [4.69, 9.17) is 13.9 Å². The monoisotopic (exact) mass is 467 g/mol. The molecule has 1 aromatic heterocycles. The normalized spacial score (nSPS) is 13.6. The van der Waals surface area contributed by atoms with Gasteiger partial charge < -0.3 is 18.8 Å². The number of hydrogen-bond donors (Lipinski definition) is 0. The number of rotatable bonds is 5. The lowest BCUT2D eigenvalue weighted by molar-refractivity contribution is -0.126. The van der Waals surface area contributed by atoms with Crippen LogP contribution in [0.4, 0.5) is 0 Å². The Hall–Kier alpha value is -3.99. The van der Waals surface area contributed by atoms with Crippen molar-refractivity contribution in [2.75, 3.05) is 20.8 Å². The fourth-order valence-electron chi connectivity index (χ4n) is 4.90. The predicted octanol–water partition coefficient (Wildman–Crippen LogP) is 6.41. The Kier molecular flexibility index (Phi) is 6.08. The number of fused-ring (bicyclic) bond motifs is 2. The number of nitrogens with zero attached hydrogens (tertiary/aromatic N) is 1. The van der Waals surface area contributed by atoms with Crippen molar-refractivity contribution in [3.63, 3.8) is 0 Å². The zero-order valence-electron chi connectivity index (χ0n) is 20.6. The van der Waals surface area contributed by atoms with E-state index >= 15 is 0 Å². The molecular weight excluding hydrogens is 438 g/mol. The summed E-state index contributed by atoms with van der Waals surface area (Å²) in [4.78, 5) is 15.1. The number of hydrogen-bond acceptors (Lipinski definition) is 4. The van der Waals surface area contributed by atoms with E-state index in [0.29, 0.717) is 6.54 Å². The second-order valence-electron chi connectivity index (χ2n) is 8.94. The molecule has 5 heteroatoms. The first kappa shape index (κ1) is 22.8. The van der Waals surface area contributed by atoms with E-state index in [9.17, 15) is 4.79 Å². The molecule has 3 aromatic carbocycles. The van der Waals surface area contributed by atoms with E-state index in [1.165, 1.54) is 11.1 Å². The highest BCUT2D eigenvalue weighted by atomic mass is 16.5. The van der Waals surface area contributed by atoms with Gasteiger partial charge in [0, 0.05) is 41.2 Å². The summed E-state index contributed by atoms with van der Waals surface area (Å²) in [5, 5.41) is 0.982. The minimum absolute atomic E-state index is 0.0133. The molecule has 0 aliphatic carbocycles. The number of carbonyl (C=O) groups is 1. The lowest BCUT2D eigenvalue weighted by Crippen LogP contribution is -2.34. The van der Waals surface area contributed by atoms with Crippen molar-refractivity contribution < 1.29 is 18.7 Å². The zero-order chi connectivity index (χ0) is 24.5. The van der Waals surface area contributed by atoms with Crippen molar-refractivity contribution in [1.82, 2.24) is 4.90 Å². The summed E-state index contributed by atoms with van der Waals surface area (Å²) < 4.78 is 17.1. The van der Waals surface area contributed by atoms with Crippen LogP contribution in [-0.4, -0.2) is 31.6 Å². The van der Waals surface area contributed by atoms with Crippen molar-refractivity contribution in [3.8, 4) is 22.6 Å². The van der Waals surface area contributed by atoms with Gasteiger partial charge in [-0.1, -0.05) is 36.4 Å². The van der Waals surface area contributed by atoms with Gasteiger partial charge in [0.15, 0.2) is 0 Å². The molecule has 178 valence electrons. The molecule has 0 N–H and O–H groups in total. The highest BCUT2D eigenvalue weighted by molar-refractivity contribution is 6.01. The van der Waals surface area contributed by atoms with Crippen molar-refractivity contribution in [2.45, 2.75) is 26.8 Å².